The Balaban J connectivity index is 2.07. The van der Waals surface area contributed by atoms with Crippen LogP contribution in [0.1, 0.15) is 50.8 Å². The van der Waals surface area contributed by atoms with Crippen molar-refractivity contribution in [2.24, 2.45) is 0 Å². The number of nitrogens with two attached hydrogens (primary N) is 1. The van der Waals surface area contributed by atoms with E-state index >= 15 is 0 Å². The maximum absolute atomic E-state index is 6.40. The third-order valence-corrected chi connectivity index (χ3v) is 4.62. The van der Waals surface area contributed by atoms with Crippen LogP contribution < -0.4 is 5.73 Å². The number of anilines is 1. The Morgan fingerprint density at radius 3 is 2.76 bits per heavy atom. The van der Waals surface area contributed by atoms with E-state index < -0.39 is 0 Å². The lowest BCUT2D eigenvalue weighted by Gasteiger charge is -2.12. The Kier molecular flexibility index (Phi) is 4.29. The number of hydrogen-bond donors (Lipinski definition) is 1. The highest BCUT2D eigenvalue weighted by Gasteiger charge is 2.25. The quantitative estimate of drug-likeness (QED) is 0.892. The molecule has 1 aliphatic carbocycles. The van der Waals surface area contributed by atoms with Crippen molar-refractivity contribution < 1.29 is 0 Å². The Bertz CT molecular complexity index is 629. The van der Waals surface area contributed by atoms with E-state index in [-0.39, 0.29) is 0 Å². The Morgan fingerprint density at radius 1 is 1.33 bits per heavy atom. The molecule has 112 valence electrons. The number of halogens is 1. The Morgan fingerprint density at radius 2 is 2.10 bits per heavy atom. The molecule has 0 unspecified atom stereocenters. The molecule has 4 nitrogen and oxygen atoms in total. The lowest BCUT2D eigenvalue weighted by atomic mass is 10.1. The fraction of sp³-hybridized carbons (Fsp3) is 0.500. The molecular formula is C16H21BrN4. The van der Waals surface area contributed by atoms with Crippen molar-refractivity contribution in [2.75, 3.05) is 5.73 Å². The molecule has 1 aliphatic rings. The van der Waals surface area contributed by atoms with Gasteiger partial charge in [0.05, 0.1) is 0 Å². The average molecular weight is 349 g/mol. The molecule has 3 rings (SSSR count). The summed E-state index contributed by atoms with van der Waals surface area (Å²) in [5.41, 5.74) is 8.25. The summed E-state index contributed by atoms with van der Waals surface area (Å²) in [7, 11) is 0. The second-order valence-electron chi connectivity index (χ2n) is 5.73. The number of imidazole rings is 1. The molecule has 2 aromatic heterocycles. The van der Waals surface area contributed by atoms with Crippen molar-refractivity contribution in [1.82, 2.24) is 14.5 Å². The van der Waals surface area contributed by atoms with Crippen LogP contribution in [0.15, 0.2) is 22.9 Å². The lowest BCUT2D eigenvalue weighted by molar-refractivity contribution is 0.579. The fourth-order valence-electron chi connectivity index (χ4n) is 3.19. The first-order valence-electron chi connectivity index (χ1n) is 7.67. The summed E-state index contributed by atoms with van der Waals surface area (Å²) >= 11 is 3.47. The minimum absolute atomic E-state index is 0.563. The van der Waals surface area contributed by atoms with E-state index in [9.17, 15) is 0 Å². The second-order valence-corrected chi connectivity index (χ2v) is 6.64. The minimum Gasteiger partial charge on any atom is -0.383 e. The first-order valence-corrected chi connectivity index (χ1v) is 8.46. The molecule has 0 aromatic carbocycles. The molecule has 0 amide bonds. The molecule has 0 atom stereocenters. The maximum Gasteiger partial charge on any atom is 0.131 e. The van der Waals surface area contributed by atoms with Gasteiger partial charge in [-0.05, 0) is 41.3 Å². The van der Waals surface area contributed by atoms with Crippen LogP contribution in [0.5, 0.6) is 0 Å². The van der Waals surface area contributed by atoms with Gasteiger partial charge in [-0.3, -0.25) is 4.98 Å². The van der Waals surface area contributed by atoms with Crippen LogP contribution in [-0.4, -0.2) is 14.5 Å². The van der Waals surface area contributed by atoms with E-state index in [0.29, 0.717) is 5.92 Å². The van der Waals surface area contributed by atoms with E-state index in [1.807, 2.05) is 12.3 Å². The zero-order valence-corrected chi connectivity index (χ0v) is 13.9. The first kappa shape index (κ1) is 14.6. The molecule has 0 saturated heterocycles. The molecule has 0 bridgehead atoms. The Hall–Kier alpha value is -1.36. The van der Waals surface area contributed by atoms with Gasteiger partial charge in [0.1, 0.15) is 17.3 Å². The molecular weight excluding hydrogens is 328 g/mol. The summed E-state index contributed by atoms with van der Waals surface area (Å²) in [5.74, 6) is 2.51. The topological polar surface area (TPSA) is 56.7 Å². The van der Waals surface area contributed by atoms with E-state index in [4.69, 9.17) is 10.7 Å². The largest absolute Gasteiger partial charge is 0.383 e. The number of rotatable bonds is 4. The average Bonchev–Trinajstić information content (AvgIpc) is 3.09. The summed E-state index contributed by atoms with van der Waals surface area (Å²) < 4.78 is 3.17. The van der Waals surface area contributed by atoms with E-state index in [1.54, 1.807) is 6.20 Å². The van der Waals surface area contributed by atoms with Gasteiger partial charge in [-0.15, -0.1) is 0 Å². The first-order chi connectivity index (χ1) is 10.2. The zero-order valence-electron chi connectivity index (χ0n) is 12.3. The van der Waals surface area contributed by atoms with Gasteiger partial charge < -0.3 is 10.3 Å². The molecule has 5 heteroatoms. The van der Waals surface area contributed by atoms with E-state index in [0.717, 1.165) is 34.5 Å². The van der Waals surface area contributed by atoms with Crippen molar-refractivity contribution in [2.45, 2.75) is 51.5 Å². The summed E-state index contributed by atoms with van der Waals surface area (Å²) in [6.07, 6.45) is 9.75. The van der Waals surface area contributed by atoms with Crippen molar-refractivity contribution >= 4 is 21.7 Å². The molecule has 2 N–H and O–H groups in total. The predicted molar refractivity (Wildman–Crippen MR) is 89.1 cm³/mol. The van der Waals surface area contributed by atoms with Crippen LogP contribution in [0.2, 0.25) is 0 Å². The lowest BCUT2D eigenvalue weighted by Crippen LogP contribution is -2.09. The zero-order chi connectivity index (χ0) is 14.8. The third-order valence-electron chi connectivity index (χ3n) is 4.18. The van der Waals surface area contributed by atoms with Crippen molar-refractivity contribution in [3.8, 4) is 11.3 Å². The van der Waals surface area contributed by atoms with Crippen LogP contribution in [0.3, 0.4) is 0 Å². The number of hydrogen-bond acceptors (Lipinski definition) is 3. The van der Waals surface area contributed by atoms with Crippen LogP contribution in [0.25, 0.3) is 11.3 Å². The van der Waals surface area contributed by atoms with Gasteiger partial charge in [0.15, 0.2) is 0 Å². The molecule has 2 aromatic rings. The van der Waals surface area contributed by atoms with Crippen LogP contribution in [0, 0.1) is 0 Å². The van der Waals surface area contributed by atoms with Gasteiger partial charge in [0.25, 0.3) is 0 Å². The number of nitrogen functional groups attached to an aromatic ring is 1. The summed E-state index contributed by atoms with van der Waals surface area (Å²) in [4.78, 5) is 9.13. The number of aromatic nitrogens is 3. The monoisotopic (exact) mass is 348 g/mol. The van der Waals surface area contributed by atoms with Crippen molar-refractivity contribution in [3.63, 3.8) is 0 Å². The van der Waals surface area contributed by atoms with Crippen molar-refractivity contribution in [1.29, 1.82) is 0 Å². The molecule has 0 spiro atoms. The molecule has 1 saturated carbocycles. The van der Waals surface area contributed by atoms with E-state index in [1.165, 1.54) is 31.5 Å². The molecule has 0 radical (unpaired) electrons. The smallest absolute Gasteiger partial charge is 0.131 e. The normalized spacial score (nSPS) is 15.7. The SMILES string of the molecule is CCCn1c(C2CCCC2)nc(-c2cncc(Br)c2)c1N. The minimum atomic E-state index is 0.563. The number of nitrogens with zero attached hydrogens (tertiary/aromatic N) is 3. The van der Waals surface area contributed by atoms with Gasteiger partial charge >= 0.3 is 0 Å². The summed E-state index contributed by atoms with van der Waals surface area (Å²) in [6.45, 7) is 3.12. The second kappa shape index (κ2) is 6.18. The van der Waals surface area contributed by atoms with E-state index in [2.05, 4.69) is 32.4 Å². The highest BCUT2D eigenvalue weighted by molar-refractivity contribution is 9.10. The van der Waals surface area contributed by atoms with Crippen molar-refractivity contribution in [3.05, 3.63) is 28.8 Å². The van der Waals surface area contributed by atoms with Gasteiger partial charge in [-0.1, -0.05) is 19.8 Å². The summed E-state index contributed by atoms with van der Waals surface area (Å²) in [6, 6.07) is 2.03. The predicted octanol–water partition coefficient (Wildman–Crippen LogP) is 4.36. The van der Waals surface area contributed by atoms with Gasteiger partial charge in [-0.25, -0.2) is 4.98 Å². The van der Waals surface area contributed by atoms with Gasteiger partial charge in [0.2, 0.25) is 0 Å². The summed E-state index contributed by atoms with van der Waals surface area (Å²) in [5, 5.41) is 0. The van der Waals surface area contributed by atoms with Crippen LogP contribution >= 0.6 is 15.9 Å². The highest BCUT2D eigenvalue weighted by Crippen LogP contribution is 2.37. The molecule has 1 fully saturated rings. The molecule has 21 heavy (non-hydrogen) atoms. The van der Waals surface area contributed by atoms with Gasteiger partial charge in [0, 0.05) is 34.9 Å². The van der Waals surface area contributed by atoms with Crippen LogP contribution in [0.4, 0.5) is 5.82 Å². The number of pyridine rings is 1. The van der Waals surface area contributed by atoms with Crippen LogP contribution in [-0.2, 0) is 6.54 Å². The molecule has 2 heterocycles. The van der Waals surface area contributed by atoms with Gasteiger partial charge in [-0.2, -0.15) is 0 Å². The highest BCUT2D eigenvalue weighted by atomic mass is 79.9. The fourth-order valence-corrected chi connectivity index (χ4v) is 3.56. The standard InChI is InChI=1S/C16H21BrN4/c1-2-7-21-15(18)14(12-8-13(17)10-19-9-12)20-16(21)11-5-3-4-6-11/h8-11H,2-7,18H2,1H3. The third kappa shape index (κ3) is 2.84. The molecule has 0 aliphatic heterocycles. The maximum atomic E-state index is 6.40. The Labute approximate surface area is 133 Å².